The molecular weight excluding hydrogens is 230 g/mol. The number of nitrogens with two attached hydrogens (primary N) is 1. The van der Waals surface area contributed by atoms with Crippen molar-refractivity contribution in [3.63, 3.8) is 0 Å². The molecule has 0 aromatic carbocycles. The van der Waals surface area contributed by atoms with Crippen LogP contribution in [0, 0.1) is 0 Å². The lowest BCUT2D eigenvalue weighted by Crippen LogP contribution is -2.46. The van der Waals surface area contributed by atoms with Gasteiger partial charge < -0.3 is 5.73 Å². The van der Waals surface area contributed by atoms with Gasteiger partial charge >= 0.3 is 0 Å². The summed E-state index contributed by atoms with van der Waals surface area (Å²) >= 11 is 2.05. The minimum absolute atomic E-state index is 0.309. The summed E-state index contributed by atoms with van der Waals surface area (Å²) in [7, 11) is 0. The van der Waals surface area contributed by atoms with E-state index >= 15 is 0 Å². The second kappa shape index (κ2) is 5.38. The SMILES string of the molecule is CC1(C)CN(C(CN)c2cccnc2)CCS1. The quantitative estimate of drug-likeness (QED) is 0.891. The Morgan fingerprint density at radius 3 is 3.00 bits per heavy atom. The van der Waals surface area contributed by atoms with E-state index in [9.17, 15) is 0 Å². The smallest absolute Gasteiger partial charge is 0.0486 e. The van der Waals surface area contributed by atoms with E-state index in [2.05, 4.69) is 29.8 Å². The van der Waals surface area contributed by atoms with Crippen LogP contribution < -0.4 is 5.73 Å². The Kier molecular flexibility index (Phi) is 4.07. The Labute approximate surface area is 108 Å². The number of hydrogen-bond donors (Lipinski definition) is 1. The Balaban J connectivity index is 2.13. The van der Waals surface area contributed by atoms with Crippen LogP contribution in [0.3, 0.4) is 0 Å². The van der Waals surface area contributed by atoms with E-state index < -0.39 is 0 Å². The molecular formula is C13H21N3S. The monoisotopic (exact) mass is 251 g/mol. The Morgan fingerprint density at radius 1 is 1.59 bits per heavy atom. The van der Waals surface area contributed by atoms with Gasteiger partial charge in [0.25, 0.3) is 0 Å². The van der Waals surface area contributed by atoms with Gasteiger partial charge in [0.05, 0.1) is 0 Å². The molecule has 0 radical (unpaired) electrons. The fourth-order valence-corrected chi connectivity index (χ4v) is 3.52. The molecule has 1 fully saturated rings. The zero-order valence-corrected chi connectivity index (χ0v) is 11.4. The highest BCUT2D eigenvalue weighted by Gasteiger charge is 2.31. The molecule has 3 nitrogen and oxygen atoms in total. The largest absolute Gasteiger partial charge is 0.329 e. The molecule has 1 atom stereocenters. The topological polar surface area (TPSA) is 42.1 Å². The van der Waals surface area contributed by atoms with Crippen LogP contribution >= 0.6 is 11.8 Å². The fraction of sp³-hybridized carbons (Fsp3) is 0.615. The van der Waals surface area contributed by atoms with Gasteiger partial charge in [0.1, 0.15) is 0 Å². The molecule has 4 heteroatoms. The fourth-order valence-electron chi connectivity index (χ4n) is 2.39. The van der Waals surface area contributed by atoms with E-state index in [1.54, 1.807) is 0 Å². The van der Waals surface area contributed by atoms with E-state index in [-0.39, 0.29) is 0 Å². The zero-order valence-electron chi connectivity index (χ0n) is 10.6. The van der Waals surface area contributed by atoms with Crippen molar-refractivity contribution >= 4 is 11.8 Å². The van der Waals surface area contributed by atoms with E-state index in [0.717, 1.165) is 13.1 Å². The number of aromatic nitrogens is 1. The third kappa shape index (κ3) is 3.21. The maximum absolute atomic E-state index is 5.95. The highest BCUT2D eigenvalue weighted by atomic mass is 32.2. The molecule has 1 saturated heterocycles. The first-order valence-corrected chi connectivity index (χ1v) is 7.09. The van der Waals surface area contributed by atoms with Gasteiger partial charge in [-0.1, -0.05) is 6.07 Å². The summed E-state index contributed by atoms with van der Waals surface area (Å²) in [5.41, 5.74) is 7.18. The number of pyridine rings is 1. The van der Waals surface area contributed by atoms with Crippen LogP contribution in [0.1, 0.15) is 25.5 Å². The summed E-state index contributed by atoms with van der Waals surface area (Å²) < 4.78 is 0.327. The summed E-state index contributed by atoms with van der Waals surface area (Å²) in [4.78, 5) is 6.69. The molecule has 1 aromatic rings. The van der Waals surface area contributed by atoms with Crippen molar-refractivity contribution in [2.75, 3.05) is 25.4 Å². The van der Waals surface area contributed by atoms with Gasteiger partial charge in [-0.25, -0.2) is 0 Å². The highest BCUT2D eigenvalue weighted by molar-refractivity contribution is 8.00. The molecule has 0 bridgehead atoms. The van der Waals surface area contributed by atoms with Gasteiger partial charge in [0.2, 0.25) is 0 Å². The molecule has 0 spiro atoms. The van der Waals surface area contributed by atoms with Crippen LogP contribution in [0.5, 0.6) is 0 Å². The summed E-state index contributed by atoms with van der Waals surface area (Å²) in [5, 5.41) is 0. The van der Waals surface area contributed by atoms with Gasteiger partial charge in [0, 0.05) is 48.6 Å². The van der Waals surface area contributed by atoms with Crippen LogP contribution in [0.25, 0.3) is 0 Å². The van der Waals surface area contributed by atoms with Crippen molar-refractivity contribution in [3.8, 4) is 0 Å². The average Bonchev–Trinajstić information content (AvgIpc) is 2.30. The molecule has 1 aromatic heterocycles. The second-order valence-corrected chi connectivity index (χ2v) is 6.92. The first-order valence-electron chi connectivity index (χ1n) is 6.10. The lowest BCUT2D eigenvalue weighted by atomic mass is 10.1. The van der Waals surface area contributed by atoms with Gasteiger partial charge in [-0.2, -0.15) is 11.8 Å². The van der Waals surface area contributed by atoms with Crippen molar-refractivity contribution in [2.45, 2.75) is 24.6 Å². The number of hydrogen-bond acceptors (Lipinski definition) is 4. The van der Waals surface area contributed by atoms with Crippen LogP contribution in [0.15, 0.2) is 24.5 Å². The minimum Gasteiger partial charge on any atom is -0.329 e. The molecule has 0 saturated carbocycles. The van der Waals surface area contributed by atoms with E-state index in [0.29, 0.717) is 17.3 Å². The molecule has 2 N–H and O–H groups in total. The third-order valence-corrected chi connectivity index (χ3v) is 4.49. The molecule has 2 heterocycles. The normalized spacial score (nSPS) is 22.3. The van der Waals surface area contributed by atoms with Crippen molar-refractivity contribution < 1.29 is 0 Å². The molecule has 0 amide bonds. The molecule has 1 aliphatic heterocycles. The number of rotatable bonds is 3. The van der Waals surface area contributed by atoms with Crippen molar-refractivity contribution in [3.05, 3.63) is 30.1 Å². The first kappa shape index (κ1) is 12.9. The lowest BCUT2D eigenvalue weighted by molar-refractivity contribution is 0.192. The summed E-state index contributed by atoms with van der Waals surface area (Å²) in [6.07, 6.45) is 3.75. The summed E-state index contributed by atoms with van der Waals surface area (Å²) in [6.45, 7) is 7.48. The lowest BCUT2D eigenvalue weighted by Gasteiger charge is -2.41. The molecule has 2 rings (SSSR count). The van der Waals surface area contributed by atoms with Crippen LogP contribution in [-0.4, -0.2) is 40.0 Å². The highest BCUT2D eigenvalue weighted by Crippen LogP contribution is 2.33. The summed E-state index contributed by atoms with van der Waals surface area (Å²) in [5.74, 6) is 1.18. The van der Waals surface area contributed by atoms with Crippen molar-refractivity contribution in [1.82, 2.24) is 9.88 Å². The van der Waals surface area contributed by atoms with E-state index in [4.69, 9.17) is 5.73 Å². The van der Waals surface area contributed by atoms with E-state index in [1.807, 2.05) is 30.2 Å². The van der Waals surface area contributed by atoms with Crippen molar-refractivity contribution in [2.24, 2.45) is 5.73 Å². The third-order valence-electron chi connectivity index (χ3n) is 3.19. The van der Waals surface area contributed by atoms with Gasteiger partial charge in [-0.15, -0.1) is 0 Å². The zero-order chi connectivity index (χ0) is 12.3. The van der Waals surface area contributed by atoms with Crippen molar-refractivity contribution in [1.29, 1.82) is 0 Å². The Bertz CT molecular complexity index is 353. The Hall–Kier alpha value is -0.580. The molecule has 94 valence electrons. The maximum atomic E-state index is 5.95. The molecule has 1 aliphatic rings. The van der Waals surface area contributed by atoms with Crippen LogP contribution in [0.2, 0.25) is 0 Å². The molecule has 0 aliphatic carbocycles. The van der Waals surface area contributed by atoms with Crippen LogP contribution in [-0.2, 0) is 0 Å². The first-order chi connectivity index (χ1) is 8.12. The molecule has 17 heavy (non-hydrogen) atoms. The standard InChI is InChI=1S/C13H21N3S/c1-13(2)10-16(6-7-17-13)12(8-14)11-4-3-5-15-9-11/h3-5,9,12H,6-8,10,14H2,1-2H3. The van der Waals surface area contributed by atoms with Crippen LogP contribution in [0.4, 0.5) is 0 Å². The van der Waals surface area contributed by atoms with E-state index in [1.165, 1.54) is 11.3 Å². The second-order valence-electron chi connectivity index (χ2n) is 5.12. The number of nitrogens with zero attached hydrogens (tertiary/aromatic N) is 2. The van der Waals surface area contributed by atoms with Gasteiger partial charge in [-0.3, -0.25) is 9.88 Å². The van der Waals surface area contributed by atoms with Gasteiger partial charge in [0.15, 0.2) is 0 Å². The predicted octanol–water partition coefficient (Wildman–Crippen LogP) is 1.91. The molecule has 1 unspecified atom stereocenters. The minimum atomic E-state index is 0.309. The number of thioether (sulfide) groups is 1. The average molecular weight is 251 g/mol. The maximum Gasteiger partial charge on any atom is 0.0486 e. The predicted molar refractivity (Wildman–Crippen MR) is 74.1 cm³/mol. The van der Waals surface area contributed by atoms with Gasteiger partial charge in [-0.05, 0) is 25.5 Å². The Morgan fingerprint density at radius 2 is 2.41 bits per heavy atom. The summed E-state index contributed by atoms with van der Waals surface area (Å²) in [6, 6.07) is 4.42.